The predicted octanol–water partition coefficient (Wildman–Crippen LogP) is 4.35. The van der Waals surface area contributed by atoms with Crippen LogP contribution in [0.5, 0.6) is 0 Å². The normalized spacial score (nSPS) is 11.0. The van der Waals surface area contributed by atoms with Gasteiger partial charge in [-0.15, -0.1) is 0 Å². The summed E-state index contributed by atoms with van der Waals surface area (Å²) in [5.74, 6) is 0. The second-order valence-corrected chi connectivity index (χ2v) is 5.24. The molecular formula is C20H17N3. The molecule has 0 aliphatic rings. The Morgan fingerprint density at radius 1 is 0.870 bits per heavy atom. The summed E-state index contributed by atoms with van der Waals surface area (Å²) in [6.45, 7) is 0. The van der Waals surface area contributed by atoms with Crippen molar-refractivity contribution in [1.29, 1.82) is 10.5 Å². The standard InChI is InChI=1S/C20H17N3/c1-23(2)20-11-7-17(8-12-20)4-3-16-5-9-18(10-6-16)19(15-22)13-14-21/h3-13H,1-2H3. The van der Waals surface area contributed by atoms with Gasteiger partial charge in [0.2, 0.25) is 0 Å². The third-order valence-corrected chi connectivity index (χ3v) is 3.43. The zero-order valence-corrected chi connectivity index (χ0v) is 13.2. The fourth-order valence-electron chi connectivity index (χ4n) is 2.09. The maximum absolute atomic E-state index is 9.01. The Morgan fingerprint density at radius 3 is 1.83 bits per heavy atom. The zero-order chi connectivity index (χ0) is 16.7. The highest BCUT2D eigenvalue weighted by Gasteiger charge is 1.99. The third kappa shape index (κ3) is 4.33. The van der Waals surface area contributed by atoms with E-state index >= 15 is 0 Å². The maximum atomic E-state index is 9.01. The van der Waals surface area contributed by atoms with Crippen LogP contribution in [-0.2, 0) is 0 Å². The maximum Gasteiger partial charge on any atom is 0.101 e. The molecule has 0 aliphatic heterocycles. The second kappa shape index (κ2) is 7.64. The van der Waals surface area contributed by atoms with Crippen molar-refractivity contribution >= 4 is 23.4 Å². The van der Waals surface area contributed by atoms with Gasteiger partial charge in [0.1, 0.15) is 6.07 Å². The molecule has 2 aromatic carbocycles. The summed E-state index contributed by atoms with van der Waals surface area (Å²) in [7, 11) is 4.03. The molecule has 0 radical (unpaired) electrons. The molecule has 0 saturated carbocycles. The molecule has 2 aromatic rings. The Kier molecular flexibility index (Phi) is 5.34. The first-order chi connectivity index (χ1) is 11.1. The molecule has 0 heterocycles. The molecule has 3 heteroatoms. The number of hydrogen-bond donors (Lipinski definition) is 0. The van der Waals surface area contributed by atoms with Crippen LogP contribution in [0.25, 0.3) is 17.7 Å². The van der Waals surface area contributed by atoms with Crippen molar-refractivity contribution < 1.29 is 0 Å². The van der Waals surface area contributed by atoms with Gasteiger partial charge in [-0.1, -0.05) is 48.6 Å². The molecule has 0 N–H and O–H groups in total. The van der Waals surface area contributed by atoms with Crippen LogP contribution in [0.2, 0.25) is 0 Å². The summed E-state index contributed by atoms with van der Waals surface area (Å²) >= 11 is 0. The highest BCUT2D eigenvalue weighted by Crippen LogP contribution is 2.17. The summed E-state index contributed by atoms with van der Waals surface area (Å²) in [5.41, 5.74) is 4.46. The van der Waals surface area contributed by atoms with E-state index in [1.165, 1.54) is 11.8 Å². The minimum absolute atomic E-state index is 0.377. The van der Waals surface area contributed by atoms with Crippen LogP contribution in [0.3, 0.4) is 0 Å². The molecule has 0 aromatic heterocycles. The lowest BCUT2D eigenvalue weighted by Gasteiger charge is -2.11. The number of nitriles is 2. The van der Waals surface area contributed by atoms with Crippen LogP contribution in [0.4, 0.5) is 5.69 Å². The molecule has 0 atom stereocenters. The fraction of sp³-hybridized carbons (Fsp3) is 0.100. The fourth-order valence-corrected chi connectivity index (χ4v) is 2.09. The van der Waals surface area contributed by atoms with Gasteiger partial charge < -0.3 is 4.90 Å². The summed E-state index contributed by atoms with van der Waals surface area (Å²) in [6, 6.07) is 19.8. The second-order valence-electron chi connectivity index (χ2n) is 5.24. The van der Waals surface area contributed by atoms with Gasteiger partial charge in [-0.2, -0.15) is 10.5 Å². The predicted molar refractivity (Wildman–Crippen MR) is 95.3 cm³/mol. The van der Waals surface area contributed by atoms with Gasteiger partial charge in [-0.05, 0) is 28.8 Å². The molecule has 23 heavy (non-hydrogen) atoms. The van der Waals surface area contributed by atoms with Gasteiger partial charge in [0.25, 0.3) is 0 Å². The topological polar surface area (TPSA) is 50.8 Å². The average Bonchev–Trinajstić information content (AvgIpc) is 2.59. The molecule has 3 nitrogen and oxygen atoms in total. The molecule has 0 saturated heterocycles. The van der Waals surface area contributed by atoms with E-state index in [1.807, 2.05) is 62.7 Å². The molecule has 0 amide bonds. The smallest absolute Gasteiger partial charge is 0.101 e. The van der Waals surface area contributed by atoms with E-state index in [-0.39, 0.29) is 0 Å². The van der Waals surface area contributed by atoms with E-state index in [9.17, 15) is 0 Å². The van der Waals surface area contributed by atoms with E-state index in [4.69, 9.17) is 10.5 Å². The minimum atomic E-state index is 0.377. The monoisotopic (exact) mass is 299 g/mol. The van der Waals surface area contributed by atoms with Crippen LogP contribution in [0, 0.1) is 22.7 Å². The first kappa shape index (κ1) is 16.1. The highest BCUT2D eigenvalue weighted by atomic mass is 15.1. The molecule has 2 rings (SSSR count). The minimum Gasteiger partial charge on any atom is -0.378 e. The molecule has 0 spiro atoms. The Hall–Kier alpha value is -3.30. The summed E-state index contributed by atoms with van der Waals surface area (Å²) in [4.78, 5) is 2.06. The number of hydrogen-bond acceptors (Lipinski definition) is 3. The van der Waals surface area contributed by atoms with Crippen molar-refractivity contribution in [3.05, 3.63) is 71.3 Å². The van der Waals surface area contributed by atoms with Gasteiger partial charge in [-0.3, -0.25) is 0 Å². The lowest BCUT2D eigenvalue weighted by molar-refractivity contribution is 1.13. The quantitative estimate of drug-likeness (QED) is 0.623. The highest BCUT2D eigenvalue weighted by molar-refractivity contribution is 5.79. The number of benzene rings is 2. The van der Waals surface area contributed by atoms with Crippen molar-refractivity contribution in [2.45, 2.75) is 0 Å². The lowest BCUT2D eigenvalue weighted by atomic mass is 10.0. The first-order valence-electron chi connectivity index (χ1n) is 7.20. The van der Waals surface area contributed by atoms with E-state index in [1.54, 1.807) is 0 Å². The van der Waals surface area contributed by atoms with Crippen LogP contribution < -0.4 is 4.90 Å². The average molecular weight is 299 g/mol. The summed E-state index contributed by atoms with van der Waals surface area (Å²) in [5, 5.41) is 17.7. The summed E-state index contributed by atoms with van der Waals surface area (Å²) < 4.78 is 0. The molecule has 112 valence electrons. The van der Waals surface area contributed by atoms with Crippen LogP contribution in [0.1, 0.15) is 16.7 Å². The van der Waals surface area contributed by atoms with E-state index in [0.717, 1.165) is 16.7 Å². The Morgan fingerprint density at radius 2 is 1.39 bits per heavy atom. The molecule has 0 fully saturated rings. The lowest BCUT2D eigenvalue weighted by Crippen LogP contribution is -2.07. The molecular weight excluding hydrogens is 282 g/mol. The SMILES string of the molecule is CN(C)c1ccc(C=Cc2ccc(C(C#N)=CC#N)cc2)cc1. The van der Waals surface area contributed by atoms with Crippen molar-refractivity contribution in [1.82, 2.24) is 0 Å². The van der Waals surface area contributed by atoms with Crippen molar-refractivity contribution in [2.24, 2.45) is 0 Å². The van der Waals surface area contributed by atoms with E-state index in [2.05, 4.69) is 29.2 Å². The van der Waals surface area contributed by atoms with Crippen molar-refractivity contribution in [2.75, 3.05) is 19.0 Å². The molecule has 0 bridgehead atoms. The Labute approximate surface area is 137 Å². The van der Waals surface area contributed by atoms with Gasteiger partial charge in [0.15, 0.2) is 0 Å². The van der Waals surface area contributed by atoms with Gasteiger partial charge in [-0.25, -0.2) is 0 Å². The van der Waals surface area contributed by atoms with Gasteiger partial charge in [0.05, 0.1) is 11.6 Å². The van der Waals surface area contributed by atoms with Gasteiger partial charge in [0, 0.05) is 25.9 Å². The molecule has 0 unspecified atom stereocenters. The third-order valence-electron chi connectivity index (χ3n) is 3.43. The number of rotatable bonds is 4. The Balaban J connectivity index is 2.13. The largest absolute Gasteiger partial charge is 0.378 e. The molecule has 0 aliphatic carbocycles. The number of nitrogens with zero attached hydrogens (tertiary/aromatic N) is 3. The van der Waals surface area contributed by atoms with E-state index < -0.39 is 0 Å². The summed E-state index contributed by atoms with van der Waals surface area (Å²) in [6.07, 6.45) is 5.33. The number of anilines is 1. The first-order valence-corrected chi connectivity index (χ1v) is 7.20. The number of allylic oxidation sites excluding steroid dienone is 2. The van der Waals surface area contributed by atoms with Crippen LogP contribution in [-0.4, -0.2) is 14.1 Å². The Bertz CT molecular complexity index is 796. The van der Waals surface area contributed by atoms with Crippen LogP contribution in [0.15, 0.2) is 54.6 Å². The zero-order valence-electron chi connectivity index (χ0n) is 13.2. The van der Waals surface area contributed by atoms with Crippen molar-refractivity contribution in [3.63, 3.8) is 0 Å². The van der Waals surface area contributed by atoms with E-state index in [0.29, 0.717) is 5.57 Å². The van der Waals surface area contributed by atoms with Crippen molar-refractivity contribution in [3.8, 4) is 12.1 Å². The van der Waals surface area contributed by atoms with Gasteiger partial charge >= 0.3 is 0 Å². The van der Waals surface area contributed by atoms with Crippen LogP contribution >= 0.6 is 0 Å².